The highest BCUT2D eigenvalue weighted by atomic mass is 15.1. The predicted molar refractivity (Wildman–Crippen MR) is 90.4 cm³/mol. The van der Waals surface area contributed by atoms with Gasteiger partial charge >= 0.3 is 0 Å². The quantitative estimate of drug-likeness (QED) is 0.905. The van der Waals surface area contributed by atoms with Crippen molar-refractivity contribution in [2.45, 2.75) is 33.4 Å². The molecule has 2 aromatic rings. The third kappa shape index (κ3) is 3.93. The first-order valence-electron chi connectivity index (χ1n) is 7.54. The Morgan fingerprint density at radius 1 is 0.952 bits per heavy atom. The van der Waals surface area contributed by atoms with Crippen molar-refractivity contribution in [1.82, 2.24) is 4.90 Å². The van der Waals surface area contributed by atoms with Gasteiger partial charge in [0, 0.05) is 19.1 Å². The smallest absolute Gasteiger partial charge is 0.0473 e. The molecule has 0 heterocycles. The van der Waals surface area contributed by atoms with Crippen molar-refractivity contribution in [1.29, 1.82) is 0 Å². The summed E-state index contributed by atoms with van der Waals surface area (Å²) in [6, 6.07) is 15.6. The Kier molecular flexibility index (Phi) is 5.16. The van der Waals surface area contributed by atoms with E-state index in [2.05, 4.69) is 75.2 Å². The van der Waals surface area contributed by atoms with E-state index in [0.29, 0.717) is 6.54 Å². The molecule has 0 amide bonds. The van der Waals surface area contributed by atoms with Crippen molar-refractivity contribution < 1.29 is 0 Å². The van der Waals surface area contributed by atoms with Crippen molar-refractivity contribution in [2.75, 3.05) is 13.6 Å². The van der Waals surface area contributed by atoms with Gasteiger partial charge in [-0.05, 0) is 44.5 Å². The fraction of sp³-hybridized carbons (Fsp3) is 0.368. The van der Waals surface area contributed by atoms with Gasteiger partial charge in [0.25, 0.3) is 0 Å². The van der Waals surface area contributed by atoms with Crippen molar-refractivity contribution in [3.63, 3.8) is 0 Å². The summed E-state index contributed by atoms with van der Waals surface area (Å²) < 4.78 is 0. The van der Waals surface area contributed by atoms with Crippen LogP contribution in [0, 0.1) is 20.8 Å². The highest BCUT2D eigenvalue weighted by Gasteiger charge is 2.17. The molecule has 0 radical (unpaired) electrons. The lowest BCUT2D eigenvalue weighted by Crippen LogP contribution is -2.30. The van der Waals surface area contributed by atoms with Gasteiger partial charge < -0.3 is 5.73 Å². The number of hydrogen-bond donors (Lipinski definition) is 1. The van der Waals surface area contributed by atoms with E-state index in [1.165, 1.54) is 27.8 Å². The summed E-state index contributed by atoms with van der Waals surface area (Å²) >= 11 is 0. The zero-order valence-corrected chi connectivity index (χ0v) is 13.6. The standard InChI is InChI=1S/C19H26N2/c1-14-6-9-17(10-7-14)13-21(4)19(12-20)18-11-15(2)5-8-16(18)3/h5-11,19H,12-13,20H2,1-4H3. The molecule has 2 nitrogen and oxygen atoms in total. The molecule has 2 heteroatoms. The molecular weight excluding hydrogens is 256 g/mol. The number of benzene rings is 2. The lowest BCUT2D eigenvalue weighted by atomic mass is 9.97. The van der Waals surface area contributed by atoms with Crippen molar-refractivity contribution in [2.24, 2.45) is 5.73 Å². The van der Waals surface area contributed by atoms with Crippen LogP contribution in [-0.4, -0.2) is 18.5 Å². The summed E-state index contributed by atoms with van der Waals surface area (Å²) in [6.07, 6.45) is 0. The van der Waals surface area contributed by atoms with Gasteiger partial charge in [0.05, 0.1) is 0 Å². The van der Waals surface area contributed by atoms with Gasteiger partial charge in [0.2, 0.25) is 0 Å². The van der Waals surface area contributed by atoms with Gasteiger partial charge in [0.15, 0.2) is 0 Å². The number of hydrogen-bond acceptors (Lipinski definition) is 2. The number of nitrogens with zero attached hydrogens (tertiary/aromatic N) is 1. The second-order valence-corrected chi connectivity index (χ2v) is 6.01. The second kappa shape index (κ2) is 6.88. The van der Waals surface area contributed by atoms with Crippen LogP contribution in [0.3, 0.4) is 0 Å². The molecule has 0 saturated carbocycles. The van der Waals surface area contributed by atoms with E-state index in [4.69, 9.17) is 5.73 Å². The molecule has 2 aromatic carbocycles. The number of rotatable bonds is 5. The Balaban J connectivity index is 2.20. The molecular formula is C19H26N2. The maximum atomic E-state index is 6.06. The third-order valence-corrected chi connectivity index (χ3v) is 4.10. The van der Waals surface area contributed by atoms with Crippen molar-refractivity contribution in [3.05, 3.63) is 70.3 Å². The summed E-state index contributed by atoms with van der Waals surface area (Å²) in [4.78, 5) is 2.34. The molecule has 0 aromatic heterocycles. The van der Waals surface area contributed by atoms with Gasteiger partial charge in [-0.25, -0.2) is 0 Å². The van der Waals surface area contributed by atoms with E-state index < -0.39 is 0 Å². The first kappa shape index (κ1) is 15.7. The molecule has 0 saturated heterocycles. The van der Waals surface area contributed by atoms with Crippen LogP contribution in [0.5, 0.6) is 0 Å². The minimum atomic E-state index is 0.256. The normalized spacial score (nSPS) is 12.7. The average Bonchev–Trinajstić information content (AvgIpc) is 2.46. The maximum Gasteiger partial charge on any atom is 0.0473 e. The highest BCUT2D eigenvalue weighted by Crippen LogP contribution is 2.24. The molecule has 1 atom stereocenters. The van der Waals surface area contributed by atoms with Crippen molar-refractivity contribution in [3.8, 4) is 0 Å². The number of likely N-dealkylation sites (N-methyl/N-ethyl adjacent to an activating group) is 1. The summed E-state index contributed by atoms with van der Waals surface area (Å²) in [5.41, 5.74) is 12.6. The highest BCUT2D eigenvalue weighted by molar-refractivity contribution is 5.33. The summed E-state index contributed by atoms with van der Waals surface area (Å²) in [5.74, 6) is 0. The Morgan fingerprint density at radius 3 is 2.19 bits per heavy atom. The largest absolute Gasteiger partial charge is 0.329 e. The van der Waals surface area contributed by atoms with Crippen LogP contribution in [0.1, 0.15) is 33.9 Å². The molecule has 21 heavy (non-hydrogen) atoms. The minimum absolute atomic E-state index is 0.256. The fourth-order valence-electron chi connectivity index (χ4n) is 2.75. The van der Waals surface area contributed by atoms with Gasteiger partial charge in [0.1, 0.15) is 0 Å². The van der Waals surface area contributed by atoms with Crippen molar-refractivity contribution >= 4 is 0 Å². The minimum Gasteiger partial charge on any atom is -0.329 e. The van der Waals surface area contributed by atoms with E-state index in [9.17, 15) is 0 Å². The zero-order valence-electron chi connectivity index (χ0n) is 13.6. The topological polar surface area (TPSA) is 29.3 Å². The maximum absolute atomic E-state index is 6.06. The summed E-state index contributed by atoms with van der Waals surface area (Å²) in [7, 11) is 2.15. The van der Waals surface area contributed by atoms with Crippen LogP contribution < -0.4 is 5.73 Å². The van der Waals surface area contributed by atoms with E-state index in [1.54, 1.807) is 0 Å². The van der Waals surface area contributed by atoms with Crippen LogP contribution in [0.4, 0.5) is 0 Å². The predicted octanol–water partition coefficient (Wildman–Crippen LogP) is 3.74. The van der Waals surface area contributed by atoms with Crippen LogP contribution >= 0.6 is 0 Å². The Labute approximate surface area is 128 Å². The van der Waals surface area contributed by atoms with E-state index >= 15 is 0 Å². The molecule has 1 unspecified atom stereocenters. The second-order valence-electron chi connectivity index (χ2n) is 6.01. The molecule has 0 bridgehead atoms. The van der Waals surface area contributed by atoms with E-state index in [0.717, 1.165) is 6.54 Å². The number of aryl methyl sites for hydroxylation is 3. The van der Waals surface area contributed by atoms with Crippen LogP contribution in [-0.2, 0) is 6.54 Å². The van der Waals surface area contributed by atoms with E-state index in [-0.39, 0.29) is 6.04 Å². The summed E-state index contributed by atoms with van der Waals surface area (Å²) in [6.45, 7) is 7.96. The number of nitrogens with two attached hydrogens (primary N) is 1. The molecule has 112 valence electrons. The molecule has 0 fully saturated rings. The van der Waals surface area contributed by atoms with Gasteiger partial charge in [-0.3, -0.25) is 4.90 Å². The molecule has 0 aliphatic carbocycles. The first-order chi connectivity index (χ1) is 10.0. The monoisotopic (exact) mass is 282 g/mol. The third-order valence-electron chi connectivity index (χ3n) is 4.10. The average molecular weight is 282 g/mol. The first-order valence-corrected chi connectivity index (χ1v) is 7.54. The van der Waals surface area contributed by atoms with Gasteiger partial charge in [-0.15, -0.1) is 0 Å². The molecule has 0 spiro atoms. The lowest BCUT2D eigenvalue weighted by Gasteiger charge is -2.29. The zero-order chi connectivity index (χ0) is 15.4. The van der Waals surface area contributed by atoms with Crippen LogP contribution in [0.2, 0.25) is 0 Å². The van der Waals surface area contributed by atoms with Gasteiger partial charge in [-0.2, -0.15) is 0 Å². The van der Waals surface area contributed by atoms with Gasteiger partial charge in [-0.1, -0.05) is 53.6 Å². The SMILES string of the molecule is Cc1ccc(CN(C)C(CN)c2cc(C)ccc2C)cc1. The molecule has 2 N–H and O–H groups in total. The van der Waals surface area contributed by atoms with Crippen LogP contribution in [0.15, 0.2) is 42.5 Å². The summed E-state index contributed by atoms with van der Waals surface area (Å²) in [5, 5.41) is 0. The molecule has 0 aliphatic rings. The Bertz CT molecular complexity index is 587. The Hall–Kier alpha value is -1.64. The molecule has 2 rings (SSSR count). The van der Waals surface area contributed by atoms with E-state index in [1.807, 2.05) is 0 Å². The Morgan fingerprint density at radius 2 is 1.57 bits per heavy atom. The van der Waals surface area contributed by atoms with Crippen LogP contribution in [0.25, 0.3) is 0 Å². The fourth-order valence-corrected chi connectivity index (χ4v) is 2.75. The molecule has 0 aliphatic heterocycles. The lowest BCUT2D eigenvalue weighted by molar-refractivity contribution is 0.241.